The van der Waals surface area contributed by atoms with Crippen LogP contribution in [0.2, 0.25) is 0 Å². The van der Waals surface area contributed by atoms with Crippen molar-refractivity contribution in [2.24, 2.45) is 89.9 Å². The molecule has 0 N–H and O–H groups in total. The number of hydrogen-bond acceptors (Lipinski definition) is 22. The van der Waals surface area contributed by atoms with E-state index in [1.165, 1.54) is 19.6 Å². The Balaban J connectivity index is 1.28. The Labute approximate surface area is 281 Å². The van der Waals surface area contributed by atoms with E-state index in [2.05, 4.69) is 89.9 Å². The molecule has 224 valence electrons. The molecule has 0 atom stereocenters. The molecule has 22 nitrogen and oxygen atoms in total. The highest BCUT2D eigenvalue weighted by atomic mass is 35.5. The van der Waals surface area contributed by atoms with Gasteiger partial charge in [0, 0.05) is 0 Å². The lowest BCUT2D eigenvalue weighted by Gasteiger charge is -2.34. The van der Waals surface area contributed by atoms with Crippen LogP contribution in [-0.4, -0.2) is 123 Å². The highest BCUT2D eigenvalue weighted by molar-refractivity contribution is 6.71. The molecule has 9 rings (SSSR count). The first-order valence-corrected chi connectivity index (χ1v) is 14.1. The standard InChI is InChI=1S/C18Cl6N22/c19-1-25-7-26-2(20)32-11-38-16(37-10(31-1)43(7)11)46(17-39-12-33-3(21)27-8-28-4(22)34-13(40-17)44(8)12)18-41-14-35-5(23)29-9-30-6(24)36-15(42-18)45(9)14. The van der Waals surface area contributed by atoms with Crippen molar-refractivity contribution in [3.8, 4) is 0 Å². The van der Waals surface area contributed by atoms with E-state index in [4.69, 9.17) is 69.6 Å². The van der Waals surface area contributed by atoms with Crippen LogP contribution in [0.15, 0.2) is 89.9 Å². The van der Waals surface area contributed by atoms with Gasteiger partial charge in [-0.25, -0.2) is 19.6 Å². The van der Waals surface area contributed by atoms with E-state index in [0.29, 0.717) is 0 Å². The summed E-state index contributed by atoms with van der Waals surface area (Å²) in [7, 11) is 0. The molecular weight excluding hydrogens is 737 g/mol. The van der Waals surface area contributed by atoms with Crippen LogP contribution in [0.25, 0.3) is 0 Å². The molecule has 0 aromatic carbocycles. The lowest BCUT2D eigenvalue weighted by Crippen LogP contribution is -2.55. The molecule has 0 aliphatic carbocycles. The van der Waals surface area contributed by atoms with Gasteiger partial charge in [-0.15, -0.1) is 0 Å². The maximum Gasteiger partial charge on any atom is 0.246 e. The topological polar surface area (TPSA) is 235 Å². The molecule has 0 radical (unpaired) electrons. The van der Waals surface area contributed by atoms with Gasteiger partial charge in [-0.2, -0.15) is 89.9 Å². The summed E-state index contributed by atoms with van der Waals surface area (Å²) in [5.41, 5.74) is 0. The fraction of sp³-hybridized carbons (Fsp3) is 0. The lowest BCUT2D eigenvalue weighted by molar-refractivity contribution is 0.760. The minimum absolute atomic E-state index is 0.0202. The molecule has 9 aliphatic heterocycles. The highest BCUT2D eigenvalue weighted by Crippen LogP contribution is 2.26. The maximum atomic E-state index is 6.17. The first-order chi connectivity index (χ1) is 22.2. The Morgan fingerprint density at radius 2 is 0.457 bits per heavy atom. The Kier molecular flexibility index (Phi) is 5.79. The molecule has 0 aromatic rings. The Morgan fingerprint density at radius 1 is 0.261 bits per heavy atom. The van der Waals surface area contributed by atoms with Gasteiger partial charge in [-0.05, 0) is 69.6 Å². The molecule has 0 bridgehead atoms. The monoisotopic (exact) mass is 734 g/mol. The van der Waals surface area contributed by atoms with Crippen LogP contribution in [0.5, 0.6) is 0 Å². The van der Waals surface area contributed by atoms with Crippen molar-refractivity contribution >= 4 is 173 Å². The van der Waals surface area contributed by atoms with Gasteiger partial charge in [0.2, 0.25) is 103 Å². The Hall–Kier alpha value is -5.00. The number of nitrogens with zero attached hydrogens (tertiary/aromatic N) is 22. The van der Waals surface area contributed by atoms with Gasteiger partial charge in [-0.1, -0.05) is 0 Å². The molecule has 46 heavy (non-hydrogen) atoms. The van der Waals surface area contributed by atoms with Gasteiger partial charge in [0.25, 0.3) is 0 Å². The van der Waals surface area contributed by atoms with Gasteiger partial charge in [0.15, 0.2) is 0 Å². The number of guanidine groups is 12. The van der Waals surface area contributed by atoms with Gasteiger partial charge in [-0.3, -0.25) is 0 Å². The zero-order valence-corrected chi connectivity index (χ0v) is 25.6. The molecule has 0 amide bonds. The van der Waals surface area contributed by atoms with Crippen molar-refractivity contribution in [2.75, 3.05) is 0 Å². The minimum atomic E-state index is -0.217. The van der Waals surface area contributed by atoms with E-state index in [-0.39, 0.29) is 103 Å². The van der Waals surface area contributed by atoms with E-state index < -0.39 is 0 Å². The molecular formula is C18Cl6N22. The van der Waals surface area contributed by atoms with Gasteiger partial charge < -0.3 is 0 Å². The number of aliphatic imine (C=N–C) groups is 18. The number of hydrogen-bond donors (Lipinski definition) is 0. The summed E-state index contributed by atoms with van der Waals surface area (Å²) in [5.74, 6) is -0.897. The molecule has 0 aromatic heterocycles. The fourth-order valence-electron chi connectivity index (χ4n) is 4.25. The number of halogens is 6. The summed E-state index contributed by atoms with van der Waals surface area (Å²) in [4.78, 5) is 81.7. The molecule has 0 saturated carbocycles. The van der Waals surface area contributed by atoms with E-state index in [1.54, 1.807) is 0 Å². The molecule has 9 aliphatic rings. The van der Waals surface area contributed by atoms with Crippen molar-refractivity contribution < 1.29 is 0 Å². The van der Waals surface area contributed by atoms with E-state index in [9.17, 15) is 0 Å². The van der Waals surface area contributed by atoms with Crippen LogP contribution < -0.4 is 0 Å². The van der Waals surface area contributed by atoms with Gasteiger partial charge in [0.1, 0.15) is 0 Å². The number of rotatable bonds is 0. The van der Waals surface area contributed by atoms with Crippen LogP contribution >= 0.6 is 69.6 Å². The first kappa shape index (κ1) is 27.3. The summed E-state index contributed by atoms with van der Waals surface area (Å²) in [5, 5.41) is -1.19. The molecule has 9 heterocycles. The van der Waals surface area contributed by atoms with Crippen LogP contribution in [0, 0.1) is 0 Å². The summed E-state index contributed by atoms with van der Waals surface area (Å²) >= 11 is 37.0. The second-order valence-corrected chi connectivity index (χ2v) is 10.6. The fourth-order valence-corrected chi connectivity index (χ4v) is 5.16. The van der Waals surface area contributed by atoms with Gasteiger partial charge in [0.05, 0.1) is 0 Å². The second kappa shape index (κ2) is 9.75. The van der Waals surface area contributed by atoms with Crippen molar-refractivity contribution in [1.82, 2.24) is 19.6 Å². The van der Waals surface area contributed by atoms with Crippen molar-refractivity contribution in [3.05, 3.63) is 0 Å². The predicted octanol–water partition coefficient (Wildman–Crippen LogP) is 1.16. The normalized spacial score (nSPS) is 23.5. The van der Waals surface area contributed by atoms with Gasteiger partial charge >= 0.3 is 0 Å². The average Bonchev–Trinajstić information content (AvgIpc) is 2.95. The third-order valence-electron chi connectivity index (χ3n) is 5.91. The Bertz CT molecular complexity index is 1980. The largest absolute Gasteiger partial charge is 0.246 e. The minimum Gasteiger partial charge on any atom is -0.212 e. The maximum absolute atomic E-state index is 6.17. The van der Waals surface area contributed by atoms with E-state index in [0.717, 1.165) is 0 Å². The van der Waals surface area contributed by atoms with E-state index >= 15 is 0 Å². The van der Waals surface area contributed by atoms with Crippen molar-refractivity contribution in [3.63, 3.8) is 0 Å². The Morgan fingerprint density at radius 3 is 0.696 bits per heavy atom. The van der Waals surface area contributed by atoms with Crippen LogP contribution in [0.4, 0.5) is 0 Å². The molecule has 28 heteroatoms. The molecule has 0 fully saturated rings. The zero-order valence-electron chi connectivity index (χ0n) is 21.1. The number of amidine groups is 6. The predicted molar refractivity (Wildman–Crippen MR) is 176 cm³/mol. The molecule has 0 spiro atoms. The molecule has 0 saturated heterocycles. The third kappa shape index (κ3) is 4.26. The second-order valence-electron chi connectivity index (χ2n) is 8.57. The summed E-state index contributed by atoms with van der Waals surface area (Å²) in [6.07, 6.45) is 0. The van der Waals surface area contributed by atoms with Crippen LogP contribution in [0.1, 0.15) is 0 Å². The van der Waals surface area contributed by atoms with Crippen molar-refractivity contribution in [2.45, 2.75) is 0 Å². The van der Waals surface area contributed by atoms with Crippen molar-refractivity contribution in [1.29, 1.82) is 0 Å². The highest BCUT2D eigenvalue weighted by Gasteiger charge is 2.43. The van der Waals surface area contributed by atoms with E-state index in [1.807, 2.05) is 0 Å². The summed E-state index contributed by atoms with van der Waals surface area (Å²) in [6.45, 7) is 0. The molecule has 0 unspecified atom stereocenters. The average molecular weight is 737 g/mol. The van der Waals surface area contributed by atoms with Crippen LogP contribution in [0.3, 0.4) is 0 Å². The third-order valence-corrected chi connectivity index (χ3v) is 6.92. The van der Waals surface area contributed by atoms with Crippen LogP contribution in [-0.2, 0) is 0 Å². The first-order valence-electron chi connectivity index (χ1n) is 11.9. The smallest absolute Gasteiger partial charge is 0.212 e. The summed E-state index contributed by atoms with van der Waals surface area (Å²) in [6, 6.07) is 0. The zero-order chi connectivity index (χ0) is 31.4. The quantitative estimate of drug-likeness (QED) is 0.333. The SMILES string of the molecule is ClC1=NC2=NC(Cl)=NC3=NC(N(C4=NC5=NC(Cl)=NC6=NC(Cl)=NC(=N4)N65)C4=NC5=NC(Cl)=NC6=NC(Cl)=NC(=N4)N65)=NC(=N1)N23. The lowest BCUT2D eigenvalue weighted by atomic mass is 10.5. The summed E-state index contributed by atoms with van der Waals surface area (Å²) < 4.78 is 0.